The van der Waals surface area contributed by atoms with Gasteiger partial charge in [-0.2, -0.15) is 0 Å². The van der Waals surface area contributed by atoms with E-state index in [1.54, 1.807) is 19.1 Å². The van der Waals surface area contributed by atoms with Crippen LogP contribution in [0.15, 0.2) is 77.7 Å². The molecule has 3 aromatic carbocycles. The molecule has 1 atom stereocenters. The molecule has 0 spiro atoms. The standard InChI is InChI=1S/C28H31F2N3O4S/c1-4-17-31-28(35)21(3)32(18-22-7-9-23(29)10-8-22)27(34)19-33(25-13-11-24(30)12-14-25)38(36,37)26-15-5-20(2)6-16-26/h5-16,21H,4,17-19H2,1-3H3,(H,31,35)/t21-/m1/s1. The number of nitrogens with zero attached hydrogens (tertiary/aromatic N) is 2. The summed E-state index contributed by atoms with van der Waals surface area (Å²) < 4.78 is 55.4. The highest BCUT2D eigenvalue weighted by atomic mass is 32.2. The van der Waals surface area contributed by atoms with Crippen LogP contribution in [0.4, 0.5) is 14.5 Å². The predicted octanol–water partition coefficient (Wildman–Crippen LogP) is 4.41. The fraction of sp³-hybridized carbons (Fsp3) is 0.286. The van der Waals surface area contributed by atoms with E-state index in [0.29, 0.717) is 18.5 Å². The summed E-state index contributed by atoms with van der Waals surface area (Å²) >= 11 is 0. The van der Waals surface area contributed by atoms with Crippen molar-refractivity contribution in [3.8, 4) is 0 Å². The van der Waals surface area contributed by atoms with Crippen LogP contribution in [0.25, 0.3) is 0 Å². The number of anilines is 1. The Morgan fingerprint density at radius 2 is 1.45 bits per heavy atom. The van der Waals surface area contributed by atoms with Crippen molar-refractivity contribution in [2.24, 2.45) is 0 Å². The van der Waals surface area contributed by atoms with Gasteiger partial charge in [0.1, 0.15) is 24.2 Å². The maximum absolute atomic E-state index is 13.7. The fourth-order valence-electron chi connectivity index (χ4n) is 3.74. The van der Waals surface area contributed by atoms with Crippen molar-refractivity contribution in [2.45, 2.75) is 44.7 Å². The molecule has 0 saturated heterocycles. The van der Waals surface area contributed by atoms with Gasteiger partial charge in [0.05, 0.1) is 10.6 Å². The summed E-state index contributed by atoms with van der Waals surface area (Å²) in [4.78, 5) is 27.7. The Morgan fingerprint density at radius 1 is 0.895 bits per heavy atom. The second-order valence-electron chi connectivity index (χ2n) is 8.92. The highest BCUT2D eigenvalue weighted by molar-refractivity contribution is 7.92. The first-order valence-corrected chi connectivity index (χ1v) is 13.6. The number of nitrogens with one attached hydrogen (secondary N) is 1. The monoisotopic (exact) mass is 543 g/mol. The van der Waals surface area contributed by atoms with Gasteiger partial charge in [-0.25, -0.2) is 17.2 Å². The minimum absolute atomic E-state index is 0.0425. The molecule has 3 rings (SSSR count). The summed E-state index contributed by atoms with van der Waals surface area (Å²) in [6.45, 7) is 4.96. The van der Waals surface area contributed by atoms with Gasteiger partial charge >= 0.3 is 0 Å². The van der Waals surface area contributed by atoms with Gasteiger partial charge in [0.25, 0.3) is 10.0 Å². The smallest absolute Gasteiger partial charge is 0.264 e. The van der Waals surface area contributed by atoms with Crippen LogP contribution in [0.5, 0.6) is 0 Å². The fourth-order valence-corrected chi connectivity index (χ4v) is 5.15. The number of amides is 2. The second kappa shape index (κ2) is 12.6. The molecule has 0 aliphatic carbocycles. The summed E-state index contributed by atoms with van der Waals surface area (Å²) in [6, 6.07) is 15.4. The van der Waals surface area contributed by atoms with E-state index in [9.17, 15) is 26.8 Å². The van der Waals surface area contributed by atoms with Gasteiger partial charge in [0.15, 0.2) is 0 Å². The van der Waals surface area contributed by atoms with E-state index in [4.69, 9.17) is 0 Å². The second-order valence-corrected chi connectivity index (χ2v) is 10.8. The summed E-state index contributed by atoms with van der Waals surface area (Å²) in [5.74, 6) is -2.08. The molecule has 0 unspecified atom stereocenters. The van der Waals surface area contributed by atoms with Crippen LogP contribution in [-0.4, -0.2) is 44.3 Å². The van der Waals surface area contributed by atoms with Crippen LogP contribution >= 0.6 is 0 Å². The first-order valence-electron chi connectivity index (χ1n) is 12.2. The number of carbonyl (C=O) groups is 2. The number of aryl methyl sites for hydroxylation is 1. The van der Waals surface area contributed by atoms with Crippen molar-refractivity contribution < 1.29 is 26.8 Å². The van der Waals surface area contributed by atoms with Crippen LogP contribution in [0.2, 0.25) is 0 Å². The topological polar surface area (TPSA) is 86.8 Å². The average molecular weight is 544 g/mol. The summed E-state index contributed by atoms with van der Waals surface area (Å²) in [6.07, 6.45) is 0.692. The maximum Gasteiger partial charge on any atom is 0.264 e. The third kappa shape index (κ3) is 7.16. The van der Waals surface area contributed by atoms with Gasteiger partial charge in [0.2, 0.25) is 11.8 Å². The molecule has 7 nitrogen and oxygen atoms in total. The van der Waals surface area contributed by atoms with Gasteiger partial charge in [0, 0.05) is 13.1 Å². The first-order chi connectivity index (χ1) is 18.0. The molecule has 0 heterocycles. The SMILES string of the molecule is CCCNC(=O)[C@@H](C)N(Cc1ccc(F)cc1)C(=O)CN(c1ccc(F)cc1)S(=O)(=O)c1ccc(C)cc1. The van der Waals surface area contributed by atoms with E-state index >= 15 is 0 Å². The number of hydrogen-bond donors (Lipinski definition) is 1. The molecule has 0 saturated carbocycles. The maximum atomic E-state index is 13.7. The third-order valence-corrected chi connectivity index (χ3v) is 7.77. The van der Waals surface area contributed by atoms with E-state index in [2.05, 4.69) is 5.32 Å². The summed E-state index contributed by atoms with van der Waals surface area (Å²) in [5.41, 5.74) is 1.50. The van der Waals surface area contributed by atoms with Gasteiger partial charge in [-0.3, -0.25) is 13.9 Å². The van der Waals surface area contributed by atoms with Crippen LogP contribution in [-0.2, 0) is 26.2 Å². The number of rotatable bonds is 11. The van der Waals surface area contributed by atoms with Crippen LogP contribution in [0.3, 0.4) is 0 Å². The van der Waals surface area contributed by atoms with E-state index < -0.39 is 46.1 Å². The number of sulfonamides is 1. The number of hydrogen-bond acceptors (Lipinski definition) is 4. The largest absolute Gasteiger partial charge is 0.354 e. The number of benzene rings is 3. The zero-order valence-corrected chi connectivity index (χ0v) is 22.3. The minimum Gasteiger partial charge on any atom is -0.354 e. The Bertz CT molecular complexity index is 1350. The molecule has 2 amide bonds. The average Bonchev–Trinajstić information content (AvgIpc) is 2.90. The summed E-state index contributed by atoms with van der Waals surface area (Å²) in [5, 5.41) is 2.75. The van der Waals surface area contributed by atoms with Gasteiger partial charge in [-0.05, 0) is 74.4 Å². The van der Waals surface area contributed by atoms with Crippen molar-refractivity contribution in [3.63, 3.8) is 0 Å². The van der Waals surface area contributed by atoms with Crippen molar-refractivity contribution in [3.05, 3.63) is 95.6 Å². The van der Waals surface area contributed by atoms with Crippen molar-refractivity contribution in [1.29, 1.82) is 0 Å². The van der Waals surface area contributed by atoms with Crippen LogP contribution in [0, 0.1) is 18.6 Å². The Morgan fingerprint density at radius 3 is 2.00 bits per heavy atom. The van der Waals surface area contributed by atoms with Gasteiger partial charge in [-0.15, -0.1) is 0 Å². The third-order valence-electron chi connectivity index (χ3n) is 5.99. The Hall–Kier alpha value is -3.79. The minimum atomic E-state index is -4.24. The molecule has 3 aromatic rings. The zero-order valence-electron chi connectivity index (χ0n) is 21.5. The quantitative estimate of drug-likeness (QED) is 0.388. The van der Waals surface area contributed by atoms with Gasteiger partial charge < -0.3 is 10.2 Å². The summed E-state index contributed by atoms with van der Waals surface area (Å²) in [7, 11) is -4.24. The van der Waals surface area contributed by atoms with Crippen molar-refractivity contribution in [1.82, 2.24) is 10.2 Å². The van der Waals surface area contributed by atoms with Crippen LogP contribution < -0.4 is 9.62 Å². The van der Waals surface area contributed by atoms with E-state index in [-0.39, 0.29) is 17.1 Å². The van der Waals surface area contributed by atoms with Crippen molar-refractivity contribution >= 4 is 27.5 Å². The lowest BCUT2D eigenvalue weighted by molar-refractivity contribution is -0.139. The molecule has 0 aromatic heterocycles. The number of carbonyl (C=O) groups excluding carboxylic acids is 2. The van der Waals surface area contributed by atoms with E-state index in [1.165, 1.54) is 53.4 Å². The lowest BCUT2D eigenvalue weighted by Gasteiger charge is -2.32. The highest BCUT2D eigenvalue weighted by Gasteiger charge is 2.32. The van der Waals surface area contributed by atoms with E-state index in [1.807, 2.05) is 13.8 Å². The molecule has 0 radical (unpaired) electrons. The molecule has 0 aliphatic heterocycles. The molecule has 10 heteroatoms. The molecule has 0 bridgehead atoms. The lowest BCUT2D eigenvalue weighted by Crippen LogP contribution is -2.51. The predicted molar refractivity (Wildman–Crippen MR) is 142 cm³/mol. The van der Waals surface area contributed by atoms with Gasteiger partial charge in [-0.1, -0.05) is 36.8 Å². The Balaban J connectivity index is 2.00. The molecular formula is C28H31F2N3O4S. The lowest BCUT2D eigenvalue weighted by atomic mass is 10.1. The first kappa shape index (κ1) is 28.8. The van der Waals surface area contributed by atoms with E-state index in [0.717, 1.165) is 22.0 Å². The number of halogens is 2. The highest BCUT2D eigenvalue weighted by Crippen LogP contribution is 2.25. The molecular weight excluding hydrogens is 512 g/mol. The van der Waals surface area contributed by atoms with Crippen molar-refractivity contribution in [2.75, 3.05) is 17.4 Å². The normalized spacial score (nSPS) is 12.0. The molecule has 0 fully saturated rings. The molecule has 1 N–H and O–H groups in total. The molecule has 38 heavy (non-hydrogen) atoms. The Labute approximate surface area is 222 Å². The molecule has 0 aliphatic rings. The Kier molecular flexibility index (Phi) is 9.57. The molecule has 202 valence electrons. The van der Waals surface area contributed by atoms with Crippen LogP contribution in [0.1, 0.15) is 31.4 Å². The zero-order chi connectivity index (χ0) is 27.9.